The van der Waals surface area contributed by atoms with Crippen molar-refractivity contribution in [3.8, 4) is 11.5 Å². The summed E-state index contributed by atoms with van der Waals surface area (Å²) in [4.78, 5) is 12.4. The number of hydrogen-bond donors (Lipinski definition) is 0. The van der Waals surface area contributed by atoms with Crippen LogP contribution in [0.25, 0.3) is 0 Å². The van der Waals surface area contributed by atoms with E-state index in [1.54, 1.807) is 12.1 Å². The Hall–Kier alpha value is -2.43. The van der Waals surface area contributed by atoms with Gasteiger partial charge in [0.2, 0.25) is 11.6 Å². The van der Waals surface area contributed by atoms with Crippen LogP contribution in [0.4, 0.5) is 8.78 Å². The lowest BCUT2D eigenvalue weighted by Crippen LogP contribution is -2.10. The summed E-state index contributed by atoms with van der Waals surface area (Å²) in [5.41, 5.74) is 1.45. The van der Waals surface area contributed by atoms with Gasteiger partial charge in [0, 0.05) is 0 Å². The van der Waals surface area contributed by atoms with Gasteiger partial charge in [-0.2, -0.15) is 8.78 Å². The third kappa shape index (κ3) is 9.82. The number of ether oxygens (including phenoxy) is 2. The molecule has 0 heterocycles. The average molecular weight is 475 g/mol. The third-order valence-electron chi connectivity index (χ3n) is 5.98. The van der Waals surface area contributed by atoms with Crippen molar-refractivity contribution in [1.82, 2.24) is 0 Å². The summed E-state index contributed by atoms with van der Waals surface area (Å²) in [6.07, 6.45) is 14.8. The second-order valence-corrected chi connectivity index (χ2v) is 8.91. The van der Waals surface area contributed by atoms with Crippen molar-refractivity contribution < 1.29 is 23.0 Å². The Labute approximate surface area is 203 Å². The van der Waals surface area contributed by atoms with Crippen LogP contribution in [0, 0.1) is 11.6 Å². The highest BCUT2D eigenvalue weighted by atomic mass is 19.2. The van der Waals surface area contributed by atoms with Crippen molar-refractivity contribution in [2.45, 2.75) is 97.3 Å². The minimum absolute atomic E-state index is 0.162. The number of halogens is 2. The van der Waals surface area contributed by atoms with Crippen LogP contribution in [0.5, 0.6) is 11.5 Å². The minimum Gasteiger partial charge on any atom is -0.490 e. The summed E-state index contributed by atoms with van der Waals surface area (Å²) in [6.45, 7) is 4.70. The molecular weight excluding hydrogens is 434 g/mol. The zero-order valence-corrected chi connectivity index (χ0v) is 20.8. The molecule has 188 valence electrons. The number of carbonyl (C=O) groups is 1. The van der Waals surface area contributed by atoms with Crippen LogP contribution < -0.4 is 9.47 Å². The lowest BCUT2D eigenvalue weighted by molar-refractivity contribution is 0.0726. The lowest BCUT2D eigenvalue weighted by Gasteiger charge is -2.11. The molecule has 0 spiro atoms. The van der Waals surface area contributed by atoms with Gasteiger partial charge in [0.1, 0.15) is 0 Å². The molecule has 34 heavy (non-hydrogen) atoms. The molecule has 0 unspecified atom stereocenters. The first kappa shape index (κ1) is 27.8. The van der Waals surface area contributed by atoms with Crippen LogP contribution in [0.15, 0.2) is 36.4 Å². The van der Waals surface area contributed by atoms with E-state index >= 15 is 0 Å². The summed E-state index contributed by atoms with van der Waals surface area (Å²) in [5.74, 6) is -3.67. The molecule has 0 aromatic heterocycles. The van der Waals surface area contributed by atoms with Gasteiger partial charge in [-0.25, -0.2) is 4.79 Å². The Morgan fingerprint density at radius 3 is 1.85 bits per heavy atom. The van der Waals surface area contributed by atoms with Crippen LogP contribution >= 0.6 is 0 Å². The molecule has 0 N–H and O–H groups in total. The maximum absolute atomic E-state index is 14.4. The van der Waals surface area contributed by atoms with Gasteiger partial charge in [-0.05, 0) is 49.1 Å². The van der Waals surface area contributed by atoms with Crippen molar-refractivity contribution in [2.24, 2.45) is 0 Å². The van der Waals surface area contributed by atoms with Gasteiger partial charge in [-0.15, -0.1) is 0 Å². The molecule has 2 aromatic rings. The first-order valence-corrected chi connectivity index (χ1v) is 13.0. The molecule has 0 fully saturated rings. The highest BCUT2D eigenvalue weighted by Gasteiger charge is 2.19. The highest BCUT2D eigenvalue weighted by molar-refractivity contribution is 5.91. The third-order valence-corrected chi connectivity index (χ3v) is 5.98. The van der Waals surface area contributed by atoms with E-state index in [2.05, 4.69) is 13.8 Å². The fourth-order valence-electron chi connectivity index (χ4n) is 3.84. The van der Waals surface area contributed by atoms with Crippen molar-refractivity contribution in [2.75, 3.05) is 6.61 Å². The summed E-state index contributed by atoms with van der Waals surface area (Å²) in [5, 5.41) is 0. The summed E-state index contributed by atoms with van der Waals surface area (Å²) in [6, 6.07) is 9.65. The number of hydrogen-bond acceptors (Lipinski definition) is 3. The number of esters is 1. The summed E-state index contributed by atoms with van der Waals surface area (Å²) >= 11 is 0. The Balaban J connectivity index is 1.80. The zero-order valence-electron chi connectivity index (χ0n) is 20.8. The van der Waals surface area contributed by atoms with E-state index in [1.807, 2.05) is 12.1 Å². The van der Waals surface area contributed by atoms with Crippen molar-refractivity contribution in [3.63, 3.8) is 0 Å². The molecule has 0 amide bonds. The lowest BCUT2D eigenvalue weighted by atomic mass is 10.0. The molecule has 3 nitrogen and oxygen atoms in total. The standard InChI is InChI=1S/C29H40F2O3/c1-3-5-7-9-11-13-15-23-16-18-24(19-17-23)29(32)34-26-21-20-25(27(30)28(26)31)33-22-14-12-10-8-6-4-2/h16-21H,3-15,22H2,1-2H3. The van der Waals surface area contributed by atoms with E-state index in [-0.39, 0.29) is 5.75 Å². The first-order chi connectivity index (χ1) is 16.6. The zero-order chi connectivity index (χ0) is 24.6. The Bertz CT molecular complexity index is 849. The van der Waals surface area contributed by atoms with Crippen LogP contribution in [-0.2, 0) is 6.42 Å². The average Bonchev–Trinajstić information content (AvgIpc) is 2.85. The molecule has 0 aliphatic heterocycles. The van der Waals surface area contributed by atoms with Crippen LogP contribution in [0.2, 0.25) is 0 Å². The second kappa shape index (κ2) is 16.2. The molecule has 5 heteroatoms. The fourth-order valence-corrected chi connectivity index (χ4v) is 3.84. The molecule has 0 bridgehead atoms. The monoisotopic (exact) mass is 474 g/mol. The number of aryl methyl sites for hydroxylation is 1. The SMILES string of the molecule is CCCCCCCCOc1ccc(OC(=O)c2ccc(CCCCCCCC)cc2)c(F)c1F. The van der Waals surface area contributed by atoms with Gasteiger partial charge in [0.15, 0.2) is 11.5 Å². The minimum atomic E-state index is -1.21. The van der Waals surface area contributed by atoms with Gasteiger partial charge in [-0.3, -0.25) is 0 Å². The molecule has 0 aliphatic rings. The van der Waals surface area contributed by atoms with Gasteiger partial charge in [-0.1, -0.05) is 90.2 Å². The summed E-state index contributed by atoms with van der Waals surface area (Å²) < 4.78 is 39.3. The van der Waals surface area contributed by atoms with E-state index in [4.69, 9.17) is 9.47 Å². The van der Waals surface area contributed by atoms with Crippen LogP contribution in [0.3, 0.4) is 0 Å². The van der Waals surface area contributed by atoms with Crippen molar-refractivity contribution >= 4 is 5.97 Å². The Morgan fingerprint density at radius 1 is 0.676 bits per heavy atom. The van der Waals surface area contributed by atoms with E-state index in [0.29, 0.717) is 12.2 Å². The van der Waals surface area contributed by atoms with E-state index in [0.717, 1.165) is 37.7 Å². The smallest absolute Gasteiger partial charge is 0.343 e. The second-order valence-electron chi connectivity index (χ2n) is 8.91. The molecule has 0 saturated carbocycles. The van der Waals surface area contributed by atoms with E-state index in [9.17, 15) is 13.6 Å². The number of unbranched alkanes of at least 4 members (excludes halogenated alkanes) is 10. The van der Waals surface area contributed by atoms with Crippen molar-refractivity contribution in [1.29, 1.82) is 0 Å². The van der Waals surface area contributed by atoms with Gasteiger partial charge in [0.05, 0.1) is 12.2 Å². The number of benzene rings is 2. The fraction of sp³-hybridized carbons (Fsp3) is 0.552. The predicted molar refractivity (Wildman–Crippen MR) is 134 cm³/mol. The topological polar surface area (TPSA) is 35.5 Å². The maximum Gasteiger partial charge on any atom is 0.343 e. The number of carbonyl (C=O) groups excluding carboxylic acids is 1. The van der Waals surface area contributed by atoms with Crippen LogP contribution in [-0.4, -0.2) is 12.6 Å². The number of rotatable bonds is 17. The molecule has 0 radical (unpaired) electrons. The molecule has 0 atom stereocenters. The molecule has 2 rings (SSSR count). The largest absolute Gasteiger partial charge is 0.490 e. The Morgan fingerprint density at radius 2 is 1.21 bits per heavy atom. The molecular formula is C29H40F2O3. The first-order valence-electron chi connectivity index (χ1n) is 13.0. The predicted octanol–water partition coefficient (Wildman–Crippen LogP) is 8.83. The highest BCUT2D eigenvalue weighted by Crippen LogP contribution is 2.28. The Kier molecular flexibility index (Phi) is 13.3. The summed E-state index contributed by atoms with van der Waals surface area (Å²) in [7, 11) is 0. The quantitative estimate of drug-likeness (QED) is 0.130. The van der Waals surface area contributed by atoms with Crippen LogP contribution in [0.1, 0.15) is 107 Å². The van der Waals surface area contributed by atoms with Crippen molar-refractivity contribution in [3.05, 3.63) is 59.2 Å². The molecule has 2 aromatic carbocycles. The van der Waals surface area contributed by atoms with Gasteiger partial charge in [0.25, 0.3) is 0 Å². The van der Waals surface area contributed by atoms with E-state index < -0.39 is 23.4 Å². The normalized spacial score (nSPS) is 10.9. The van der Waals surface area contributed by atoms with E-state index in [1.165, 1.54) is 63.5 Å². The molecule has 0 aliphatic carbocycles. The molecule has 0 saturated heterocycles. The maximum atomic E-state index is 14.4. The van der Waals surface area contributed by atoms with Gasteiger partial charge < -0.3 is 9.47 Å². The van der Waals surface area contributed by atoms with Gasteiger partial charge >= 0.3 is 5.97 Å².